The van der Waals surface area contributed by atoms with Gasteiger partial charge >= 0.3 is 5.97 Å². The molecule has 3 heterocycles. The number of ether oxygens (including phenoxy) is 1. The number of hydrogen-bond acceptors (Lipinski definition) is 7. The number of rotatable bonds is 4. The van der Waals surface area contributed by atoms with Crippen molar-refractivity contribution < 1.29 is 17.9 Å². The van der Waals surface area contributed by atoms with Crippen LogP contribution in [0.15, 0.2) is 15.7 Å². The highest BCUT2D eigenvalue weighted by Gasteiger charge is 2.36. The molecule has 10 heteroatoms. The smallest absolute Gasteiger partial charge is 0.338 e. The van der Waals surface area contributed by atoms with Gasteiger partial charge in [-0.25, -0.2) is 13.2 Å². The molecule has 2 fully saturated rings. The summed E-state index contributed by atoms with van der Waals surface area (Å²) in [7, 11) is -2.24. The highest BCUT2D eigenvalue weighted by molar-refractivity contribution is 7.91. The van der Waals surface area contributed by atoms with E-state index in [9.17, 15) is 13.2 Å². The summed E-state index contributed by atoms with van der Waals surface area (Å²) in [5.41, 5.74) is 0.286. The topological polar surface area (TPSA) is 79.0 Å². The van der Waals surface area contributed by atoms with E-state index in [0.717, 1.165) is 43.9 Å². The first-order valence-electron chi connectivity index (χ1n) is 7.64. The van der Waals surface area contributed by atoms with Crippen LogP contribution in [0.3, 0.4) is 0 Å². The largest absolute Gasteiger partial charge is 0.465 e. The Kier molecular flexibility index (Phi) is 6.63. The third-order valence-corrected chi connectivity index (χ3v) is 7.67. The van der Waals surface area contributed by atoms with Crippen LogP contribution in [0.4, 0.5) is 0 Å². The van der Waals surface area contributed by atoms with Crippen molar-refractivity contribution in [3.05, 3.63) is 17.0 Å². The monoisotopic (exact) mass is 395 g/mol. The Bertz CT molecular complexity index is 673. The number of halogens is 1. The molecule has 0 amide bonds. The SMILES string of the molecule is COC(=O)c1csc(S(=O)(=O)N2CCC(N3CCNCC3)C2)c1.Cl. The number of methoxy groups -OCH3 is 1. The summed E-state index contributed by atoms with van der Waals surface area (Å²) >= 11 is 1.07. The van der Waals surface area contributed by atoms with Gasteiger partial charge in [-0.05, 0) is 12.5 Å². The van der Waals surface area contributed by atoms with Crippen molar-refractivity contribution in [2.24, 2.45) is 0 Å². The van der Waals surface area contributed by atoms with Gasteiger partial charge in [0.25, 0.3) is 10.0 Å². The fraction of sp³-hybridized carbons (Fsp3) is 0.643. The summed E-state index contributed by atoms with van der Waals surface area (Å²) < 4.78 is 31.9. The standard InChI is InChI=1S/C14H21N3O4S2.ClH/c1-21-14(18)11-8-13(22-10-11)23(19,20)17-5-2-12(9-17)16-6-3-15-4-7-16;/h8,10,12,15H,2-7,9H2,1H3;1H. The van der Waals surface area contributed by atoms with Crippen LogP contribution in [0, 0.1) is 0 Å². The number of esters is 1. The Hall–Kier alpha value is -0.710. The van der Waals surface area contributed by atoms with Crippen LogP contribution in [0.5, 0.6) is 0 Å². The Morgan fingerprint density at radius 2 is 2.04 bits per heavy atom. The lowest BCUT2D eigenvalue weighted by molar-refractivity contribution is 0.0601. The normalized spacial score (nSPS) is 23.0. The van der Waals surface area contributed by atoms with Gasteiger partial charge < -0.3 is 10.1 Å². The summed E-state index contributed by atoms with van der Waals surface area (Å²) in [5.74, 6) is -0.511. The average molecular weight is 396 g/mol. The molecule has 0 saturated carbocycles. The second kappa shape index (κ2) is 8.11. The number of nitrogens with one attached hydrogen (secondary N) is 1. The third kappa shape index (κ3) is 3.92. The molecule has 2 aliphatic rings. The lowest BCUT2D eigenvalue weighted by Crippen LogP contribution is -2.49. The Balaban J connectivity index is 0.00000208. The van der Waals surface area contributed by atoms with Gasteiger partial charge in [-0.15, -0.1) is 23.7 Å². The molecular formula is C14H22ClN3O4S2. The molecule has 0 aromatic carbocycles. The number of carbonyl (C=O) groups is 1. The number of nitrogens with zero attached hydrogens (tertiary/aromatic N) is 2. The fourth-order valence-corrected chi connectivity index (χ4v) is 5.87. The molecule has 7 nitrogen and oxygen atoms in total. The Morgan fingerprint density at radius 3 is 2.71 bits per heavy atom. The van der Waals surface area contributed by atoms with Gasteiger partial charge in [-0.1, -0.05) is 0 Å². The van der Waals surface area contributed by atoms with E-state index in [0.29, 0.717) is 13.1 Å². The van der Waals surface area contributed by atoms with Crippen LogP contribution >= 0.6 is 23.7 Å². The number of hydrogen-bond donors (Lipinski definition) is 1. The van der Waals surface area contributed by atoms with Crippen LogP contribution < -0.4 is 5.32 Å². The molecule has 1 aromatic rings. The molecule has 3 rings (SSSR count). The maximum absolute atomic E-state index is 12.7. The first kappa shape index (κ1) is 19.6. The Morgan fingerprint density at radius 1 is 1.33 bits per heavy atom. The molecule has 1 unspecified atom stereocenters. The van der Waals surface area contributed by atoms with Gasteiger partial charge in [0.1, 0.15) is 4.21 Å². The predicted molar refractivity (Wildman–Crippen MR) is 94.5 cm³/mol. The second-order valence-electron chi connectivity index (χ2n) is 5.74. The number of sulfonamides is 1. The zero-order valence-corrected chi connectivity index (χ0v) is 15.9. The minimum absolute atomic E-state index is 0. The van der Waals surface area contributed by atoms with E-state index in [4.69, 9.17) is 0 Å². The third-order valence-electron chi connectivity index (χ3n) is 4.38. The minimum atomic E-state index is -3.53. The molecule has 0 bridgehead atoms. The van der Waals surface area contributed by atoms with Crippen molar-refractivity contribution >= 4 is 39.7 Å². The molecular weight excluding hydrogens is 374 g/mol. The van der Waals surface area contributed by atoms with Crippen molar-refractivity contribution in [3.8, 4) is 0 Å². The van der Waals surface area contributed by atoms with Crippen molar-refractivity contribution in [1.29, 1.82) is 0 Å². The molecule has 0 aliphatic carbocycles. The van der Waals surface area contributed by atoms with Crippen molar-refractivity contribution in [2.45, 2.75) is 16.7 Å². The van der Waals surface area contributed by atoms with E-state index >= 15 is 0 Å². The molecule has 1 N–H and O–H groups in total. The number of piperazine rings is 1. The summed E-state index contributed by atoms with van der Waals surface area (Å²) in [5, 5.41) is 4.84. The van der Waals surface area contributed by atoms with Gasteiger partial charge in [0.15, 0.2) is 0 Å². The molecule has 1 atom stereocenters. The first-order chi connectivity index (χ1) is 11.0. The predicted octanol–water partition coefficient (Wildman–Crippen LogP) is 0.625. The van der Waals surface area contributed by atoms with Crippen molar-refractivity contribution in [1.82, 2.24) is 14.5 Å². The molecule has 2 saturated heterocycles. The molecule has 2 aliphatic heterocycles. The van der Waals surface area contributed by atoms with Crippen LogP contribution in [0.25, 0.3) is 0 Å². The highest BCUT2D eigenvalue weighted by atomic mass is 35.5. The van der Waals surface area contributed by atoms with Crippen molar-refractivity contribution in [3.63, 3.8) is 0 Å². The van der Waals surface area contributed by atoms with Crippen LogP contribution in [-0.4, -0.2) is 76.0 Å². The number of thiophene rings is 1. The van der Waals surface area contributed by atoms with E-state index in [-0.39, 0.29) is 28.2 Å². The maximum Gasteiger partial charge on any atom is 0.338 e. The van der Waals surface area contributed by atoms with E-state index in [2.05, 4.69) is 15.0 Å². The van der Waals surface area contributed by atoms with Gasteiger partial charge in [0, 0.05) is 50.7 Å². The minimum Gasteiger partial charge on any atom is -0.465 e. The molecule has 0 radical (unpaired) electrons. The maximum atomic E-state index is 12.7. The van der Waals surface area contributed by atoms with Gasteiger partial charge in [0.2, 0.25) is 0 Å². The first-order valence-corrected chi connectivity index (χ1v) is 9.96. The van der Waals surface area contributed by atoms with E-state index in [1.807, 2.05) is 0 Å². The molecule has 24 heavy (non-hydrogen) atoms. The van der Waals surface area contributed by atoms with E-state index in [1.165, 1.54) is 22.9 Å². The fourth-order valence-electron chi connectivity index (χ4n) is 3.08. The molecule has 1 aromatic heterocycles. The molecule has 136 valence electrons. The van der Waals surface area contributed by atoms with Crippen LogP contribution in [-0.2, 0) is 14.8 Å². The van der Waals surface area contributed by atoms with E-state index in [1.54, 1.807) is 0 Å². The number of carbonyl (C=O) groups excluding carboxylic acids is 1. The lowest BCUT2D eigenvalue weighted by Gasteiger charge is -2.32. The Labute approximate surface area is 152 Å². The van der Waals surface area contributed by atoms with E-state index < -0.39 is 16.0 Å². The molecule has 0 spiro atoms. The van der Waals surface area contributed by atoms with Gasteiger partial charge in [0.05, 0.1) is 12.7 Å². The quantitative estimate of drug-likeness (QED) is 0.753. The van der Waals surface area contributed by atoms with Crippen LogP contribution in [0.1, 0.15) is 16.8 Å². The highest BCUT2D eigenvalue weighted by Crippen LogP contribution is 2.28. The summed E-state index contributed by atoms with van der Waals surface area (Å²) in [6.45, 7) is 4.89. The summed E-state index contributed by atoms with van der Waals surface area (Å²) in [4.78, 5) is 13.9. The van der Waals surface area contributed by atoms with Gasteiger partial charge in [-0.3, -0.25) is 4.90 Å². The summed E-state index contributed by atoms with van der Waals surface area (Å²) in [6.07, 6.45) is 0.856. The second-order valence-corrected chi connectivity index (χ2v) is 8.81. The van der Waals surface area contributed by atoms with Crippen LogP contribution in [0.2, 0.25) is 0 Å². The zero-order chi connectivity index (χ0) is 16.4. The zero-order valence-electron chi connectivity index (χ0n) is 13.4. The lowest BCUT2D eigenvalue weighted by atomic mass is 10.2. The average Bonchev–Trinajstić information content (AvgIpc) is 3.25. The van der Waals surface area contributed by atoms with Crippen molar-refractivity contribution in [2.75, 3.05) is 46.4 Å². The van der Waals surface area contributed by atoms with Gasteiger partial charge in [-0.2, -0.15) is 4.31 Å². The summed E-state index contributed by atoms with van der Waals surface area (Å²) in [6, 6.07) is 1.69.